The summed E-state index contributed by atoms with van der Waals surface area (Å²) in [7, 11) is 1.84. The Bertz CT molecular complexity index is 1030. The molecule has 0 spiro atoms. The number of rotatable bonds is 6. The van der Waals surface area contributed by atoms with E-state index < -0.39 is 0 Å². The molecular weight excluding hydrogens is 400 g/mol. The fourth-order valence-electron chi connectivity index (χ4n) is 4.05. The first kappa shape index (κ1) is 20.7. The van der Waals surface area contributed by atoms with Crippen LogP contribution < -0.4 is 0 Å². The van der Waals surface area contributed by atoms with E-state index in [1.165, 1.54) is 0 Å². The van der Waals surface area contributed by atoms with Crippen molar-refractivity contribution in [1.82, 2.24) is 19.7 Å². The monoisotopic (exact) mass is 426 g/mol. The molecule has 0 bridgehead atoms. The number of aromatic nitrogens is 3. The summed E-state index contributed by atoms with van der Waals surface area (Å²) in [5, 5.41) is 5.20. The molecule has 0 aliphatic carbocycles. The van der Waals surface area contributed by atoms with Crippen molar-refractivity contribution >= 4 is 17.5 Å². The summed E-state index contributed by atoms with van der Waals surface area (Å²) in [5.41, 5.74) is 2.63. The molecule has 2 aromatic heterocycles. The van der Waals surface area contributed by atoms with Crippen LogP contribution in [0.15, 0.2) is 40.9 Å². The molecule has 0 N–H and O–H groups in total. The first-order valence-electron chi connectivity index (χ1n) is 10.5. The average Bonchev–Trinajstić information content (AvgIpc) is 3.36. The number of nitrogens with zero attached hydrogens (tertiary/aromatic N) is 4. The summed E-state index contributed by atoms with van der Waals surface area (Å²) in [4.78, 5) is 19.5. The van der Waals surface area contributed by atoms with E-state index in [9.17, 15) is 4.79 Å². The first-order chi connectivity index (χ1) is 14.5. The van der Waals surface area contributed by atoms with E-state index in [4.69, 9.17) is 16.0 Å². The van der Waals surface area contributed by atoms with Crippen molar-refractivity contribution in [2.45, 2.75) is 44.9 Å². The minimum absolute atomic E-state index is 0.0277. The Balaban J connectivity index is 1.45. The van der Waals surface area contributed by atoms with Crippen LogP contribution in [0.5, 0.6) is 0 Å². The number of likely N-dealkylation sites (tertiary alicyclic amines) is 1. The molecule has 7 heteroatoms. The van der Waals surface area contributed by atoms with Gasteiger partial charge in [0.15, 0.2) is 5.89 Å². The van der Waals surface area contributed by atoms with Gasteiger partial charge in [-0.15, -0.1) is 0 Å². The van der Waals surface area contributed by atoms with E-state index in [2.05, 4.69) is 17.0 Å². The van der Waals surface area contributed by atoms with Crippen molar-refractivity contribution in [3.8, 4) is 0 Å². The Hall–Kier alpha value is -2.60. The second-order valence-electron chi connectivity index (χ2n) is 7.92. The minimum Gasteiger partial charge on any atom is -0.445 e. The Morgan fingerprint density at radius 1 is 1.33 bits per heavy atom. The Labute approximate surface area is 181 Å². The third-order valence-corrected chi connectivity index (χ3v) is 5.98. The number of hydrogen-bond donors (Lipinski definition) is 0. The van der Waals surface area contributed by atoms with Gasteiger partial charge in [0.1, 0.15) is 11.5 Å². The molecule has 1 amide bonds. The molecule has 1 saturated heterocycles. The second-order valence-corrected chi connectivity index (χ2v) is 8.33. The molecule has 1 atom stereocenters. The maximum absolute atomic E-state index is 13.1. The molecule has 1 fully saturated rings. The summed E-state index contributed by atoms with van der Waals surface area (Å²) in [6.07, 6.45) is 6.17. The van der Waals surface area contributed by atoms with Gasteiger partial charge in [0.25, 0.3) is 5.91 Å². The van der Waals surface area contributed by atoms with Gasteiger partial charge in [-0.3, -0.25) is 9.48 Å². The molecular formula is C23H27ClN4O2. The van der Waals surface area contributed by atoms with Gasteiger partial charge in [0.2, 0.25) is 0 Å². The van der Waals surface area contributed by atoms with Crippen molar-refractivity contribution in [3.63, 3.8) is 0 Å². The molecule has 3 aromatic rings. The molecule has 1 unspecified atom stereocenters. The molecule has 4 rings (SSSR count). The molecule has 1 aromatic carbocycles. The standard InChI is InChI=1S/C23H27ClN4O2/c1-3-7-18-13-21(27(2)26-18)23(29)28-11-6-9-17(15-28)22-25-14-19(30-22)12-16-8-4-5-10-20(16)24/h4-5,8,10,13-14,17H,3,6-7,9,11-12,15H2,1-2H3. The average molecular weight is 427 g/mol. The van der Waals surface area contributed by atoms with Crippen LogP contribution in [0.2, 0.25) is 5.02 Å². The van der Waals surface area contributed by atoms with Crippen LogP contribution in [-0.2, 0) is 19.9 Å². The minimum atomic E-state index is 0.0277. The first-order valence-corrected chi connectivity index (χ1v) is 10.9. The number of carbonyl (C=O) groups is 1. The van der Waals surface area contributed by atoms with E-state index in [1.807, 2.05) is 42.3 Å². The van der Waals surface area contributed by atoms with Crippen molar-refractivity contribution < 1.29 is 9.21 Å². The lowest BCUT2D eigenvalue weighted by Gasteiger charge is -2.31. The lowest BCUT2D eigenvalue weighted by molar-refractivity contribution is 0.0686. The Kier molecular flexibility index (Phi) is 6.23. The van der Waals surface area contributed by atoms with Crippen LogP contribution in [0, 0.1) is 0 Å². The fourth-order valence-corrected chi connectivity index (χ4v) is 4.26. The number of oxazole rings is 1. The number of aryl methyl sites for hydroxylation is 2. The van der Waals surface area contributed by atoms with Crippen LogP contribution in [0.1, 0.15) is 65.5 Å². The van der Waals surface area contributed by atoms with Gasteiger partial charge in [-0.05, 0) is 37.0 Å². The van der Waals surface area contributed by atoms with Gasteiger partial charge in [0, 0.05) is 31.6 Å². The zero-order valence-corrected chi connectivity index (χ0v) is 18.2. The molecule has 3 heterocycles. The van der Waals surface area contributed by atoms with E-state index in [-0.39, 0.29) is 11.8 Å². The van der Waals surface area contributed by atoms with Gasteiger partial charge in [-0.25, -0.2) is 4.98 Å². The third-order valence-electron chi connectivity index (χ3n) is 5.61. The van der Waals surface area contributed by atoms with Crippen molar-refractivity contribution in [2.75, 3.05) is 13.1 Å². The zero-order valence-electron chi connectivity index (χ0n) is 17.5. The predicted molar refractivity (Wildman–Crippen MR) is 116 cm³/mol. The zero-order chi connectivity index (χ0) is 21.1. The largest absolute Gasteiger partial charge is 0.445 e. The van der Waals surface area contributed by atoms with E-state index in [0.29, 0.717) is 24.6 Å². The molecule has 6 nitrogen and oxygen atoms in total. The van der Waals surface area contributed by atoms with Gasteiger partial charge in [0.05, 0.1) is 17.8 Å². The van der Waals surface area contributed by atoms with Crippen LogP contribution in [0.3, 0.4) is 0 Å². The molecule has 1 aliphatic rings. The van der Waals surface area contributed by atoms with Gasteiger partial charge in [-0.2, -0.15) is 5.10 Å². The second kappa shape index (κ2) is 9.04. The van der Waals surface area contributed by atoms with Crippen LogP contribution in [-0.4, -0.2) is 38.7 Å². The highest BCUT2D eigenvalue weighted by Gasteiger charge is 2.29. The van der Waals surface area contributed by atoms with E-state index in [0.717, 1.165) is 54.3 Å². The summed E-state index contributed by atoms with van der Waals surface area (Å²) in [5.74, 6) is 1.62. The smallest absolute Gasteiger partial charge is 0.272 e. The number of piperidine rings is 1. The summed E-state index contributed by atoms with van der Waals surface area (Å²) >= 11 is 6.26. The number of amides is 1. The number of hydrogen-bond acceptors (Lipinski definition) is 4. The maximum atomic E-state index is 13.1. The quantitative estimate of drug-likeness (QED) is 0.576. The maximum Gasteiger partial charge on any atom is 0.272 e. The molecule has 0 radical (unpaired) electrons. The molecule has 1 aliphatic heterocycles. The van der Waals surface area contributed by atoms with Gasteiger partial charge < -0.3 is 9.32 Å². The highest BCUT2D eigenvalue weighted by Crippen LogP contribution is 2.29. The van der Waals surface area contributed by atoms with Crippen LogP contribution in [0.25, 0.3) is 0 Å². The molecule has 158 valence electrons. The predicted octanol–water partition coefficient (Wildman–Crippen LogP) is 4.62. The van der Waals surface area contributed by atoms with Crippen LogP contribution in [0.4, 0.5) is 0 Å². The molecule has 0 saturated carbocycles. The van der Waals surface area contributed by atoms with Crippen molar-refractivity contribution in [2.24, 2.45) is 7.05 Å². The SMILES string of the molecule is CCCc1cc(C(=O)N2CCCC(c3ncc(Cc4ccccc4Cl)o3)C2)n(C)n1. The summed E-state index contributed by atoms with van der Waals surface area (Å²) < 4.78 is 7.75. The van der Waals surface area contributed by atoms with E-state index >= 15 is 0 Å². The van der Waals surface area contributed by atoms with Crippen molar-refractivity contribution in [3.05, 3.63) is 70.2 Å². The Morgan fingerprint density at radius 2 is 2.17 bits per heavy atom. The molecule has 30 heavy (non-hydrogen) atoms. The lowest BCUT2D eigenvalue weighted by atomic mass is 9.97. The van der Waals surface area contributed by atoms with Gasteiger partial charge >= 0.3 is 0 Å². The highest BCUT2D eigenvalue weighted by atomic mass is 35.5. The van der Waals surface area contributed by atoms with E-state index in [1.54, 1.807) is 10.9 Å². The summed E-state index contributed by atoms with van der Waals surface area (Å²) in [6.45, 7) is 3.47. The lowest BCUT2D eigenvalue weighted by Crippen LogP contribution is -2.40. The number of halogens is 1. The fraction of sp³-hybridized carbons (Fsp3) is 0.435. The normalized spacial score (nSPS) is 16.8. The summed E-state index contributed by atoms with van der Waals surface area (Å²) in [6, 6.07) is 9.67. The topological polar surface area (TPSA) is 64.2 Å². The van der Waals surface area contributed by atoms with Crippen molar-refractivity contribution in [1.29, 1.82) is 0 Å². The number of carbonyl (C=O) groups excluding carboxylic acids is 1. The van der Waals surface area contributed by atoms with Crippen LogP contribution >= 0.6 is 11.6 Å². The Morgan fingerprint density at radius 3 is 2.97 bits per heavy atom. The highest BCUT2D eigenvalue weighted by molar-refractivity contribution is 6.31. The van der Waals surface area contributed by atoms with Gasteiger partial charge in [-0.1, -0.05) is 43.1 Å². The third kappa shape index (κ3) is 4.43. The number of benzene rings is 1.